The number of unbranched alkanes of at least 4 members (excludes halogenated alkanes) is 1. The number of hydrogen-bond acceptors (Lipinski definition) is 3. The molecule has 0 bridgehead atoms. The predicted molar refractivity (Wildman–Crippen MR) is 70.8 cm³/mol. The molecule has 1 rings (SSSR count). The molecule has 0 aliphatic carbocycles. The third kappa shape index (κ3) is 5.68. The van der Waals surface area contributed by atoms with Gasteiger partial charge in [-0.15, -0.1) is 0 Å². The minimum Gasteiger partial charge on any atom is -0.497 e. The van der Waals surface area contributed by atoms with E-state index in [1.165, 1.54) is 5.56 Å². The van der Waals surface area contributed by atoms with E-state index in [-0.39, 0.29) is 6.42 Å². The van der Waals surface area contributed by atoms with Crippen molar-refractivity contribution in [1.82, 2.24) is 4.90 Å². The van der Waals surface area contributed by atoms with Crippen LogP contribution in [0.3, 0.4) is 0 Å². The van der Waals surface area contributed by atoms with Crippen molar-refractivity contribution in [2.75, 3.05) is 20.7 Å². The van der Waals surface area contributed by atoms with Crippen LogP contribution in [0.15, 0.2) is 24.3 Å². The van der Waals surface area contributed by atoms with Gasteiger partial charge in [0.2, 0.25) is 0 Å². The zero-order valence-electron chi connectivity index (χ0n) is 11.1. The van der Waals surface area contributed by atoms with Crippen LogP contribution in [-0.4, -0.2) is 36.7 Å². The van der Waals surface area contributed by atoms with Gasteiger partial charge in [0.25, 0.3) is 0 Å². The molecule has 0 unspecified atom stereocenters. The minimum absolute atomic E-state index is 0.257. The van der Waals surface area contributed by atoms with Gasteiger partial charge in [-0.2, -0.15) is 0 Å². The van der Waals surface area contributed by atoms with E-state index in [0.717, 1.165) is 31.7 Å². The molecule has 0 fully saturated rings. The molecule has 0 aromatic heterocycles. The average molecular weight is 251 g/mol. The number of ether oxygens (including phenoxy) is 1. The van der Waals surface area contributed by atoms with Gasteiger partial charge in [-0.25, -0.2) is 0 Å². The van der Waals surface area contributed by atoms with Crippen LogP contribution in [0.1, 0.15) is 24.8 Å². The van der Waals surface area contributed by atoms with Gasteiger partial charge in [-0.3, -0.25) is 4.79 Å². The summed E-state index contributed by atoms with van der Waals surface area (Å²) in [6.07, 6.45) is 1.90. The smallest absolute Gasteiger partial charge is 0.303 e. The Morgan fingerprint density at radius 3 is 2.83 bits per heavy atom. The Hall–Kier alpha value is -1.55. The SMILES string of the molecule is COc1cccc(CN(C)CCCCC(=O)O)c1. The largest absolute Gasteiger partial charge is 0.497 e. The number of nitrogens with zero attached hydrogens (tertiary/aromatic N) is 1. The highest BCUT2D eigenvalue weighted by Crippen LogP contribution is 2.14. The fraction of sp³-hybridized carbons (Fsp3) is 0.500. The zero-order valence-corrected chi connectivity index (χ0v) is 11.1. The Kier molecular flexibility index (Phi) is 6.22. The third-order valence-electron chi connectivity index (χ3n) is 2.77. The Balaban J connectivity index is 2.30. The van der Waals surface area contributed by atoms with Crippen LogP contribution in [0.5, 0.6) is 5.75 Å². The zero-order chi connectivity index (χ0) is 13.4. The summed E-state index contributed by atoms with van der Waals surface area (Å²) in [5.74, 6) is 0.150. The molecule has 1 aromatic carbocycles. The second-order valence-electron chi connectivity index (χ2n) is 4.44. The molecule has 18 heavy (non-hydrogen) atoms. The Morgan fingerprint density at radius 1 is 1.39 bits per heavy atom. The van der Waals surface area contributed by atoms with Gasteiger partial charge >= 0.3 is 5.97 Å². The van der Waals surface area contributed by atoms with E-state index in [2.05, 4.69) is 11.0 Å². The van der Waals surface area contributed by atoms with E-state index in [1.54, 1.807) is 7.11 Å². The van der Waals surface area contributed by atoms with Gasteiger partial charge in [0.1, 0.15) is 5.75 Å². The van der Waals surface area contributed by atoms with Crippen LogP contribution in [0, 0.1) is 0 Å². The number of carboxylic acids is 1. The molecule has 0 aliphatic rings. The summed E-state index contributed by atoms with van der Waals surface area (Å²) in [4.78, 5) is 12.6. The molecular formula is C14H21NO3. The second-order valence-corrected chi connectivity index (χ2v) is 4.44. The maximum absolute atomic E-state index is 10.4. The fourth-order valence-corrected chi connectivity index (χ4v) is 1.82. The molecular weight excluding hydrogens is 230 g/mol. The molecule has 0 saturated heterocycles. The number of methoxy groups -OCH3 is 1. The summed E-state index contributed by atoms with van der Waals surface area (Å²) in [5.41, 5.74) is 1.20. The Bertz CT molecular complexity index is 379. The van der Waals surface area contributed by atoms with Gasteiger partial charge in [0.15, 0.2) is 0 Å². The molecule has 100 valence electrons. The van der Waals surface area contributed by atoms with Gasteiger partial charge in [-0.1, -0.05) is 12.1 Å². The van der Waals surface area contributed by atoms with Gasteiger partial charge < -0.3 is 14.7 Å². The molecule has 0 atom stereocenters. The van der Waals surface area contributed by atoms with Crippen molar-refractivity contribution in [1.29, 1.82) is 0 Å². The number of rotatable bonds is 8. The van der Waals surface area contributed by atoms with Crippen molar-refractivity contribution in [2.24, 2.45) is 0 Å². The molecule has 0 radical (unpaired) electrons. The first kappa shape index (κ1) is 14.5. The number of benzene rings is 1. The highest BCUT2D eigenvalue weighted by atomic mass is 16.5. The lowest BCUT2D eigenvalue weighted by Gasteiger charge is -2.16. The van der Waals surface area contributed by atoms with E-state index in [4.69, 9.17) is 9.84 Å². The van der Waals surface area contributed by atoms with E-state index in [1.807, 2.05) is 25.2 Å². The number of aliphatic carboxylic acids is 1. The summed E-state index contributed by atoms with van der Waals surface area (Å²) < 4.78 is 5.18. The molecule has 0 aliphatic heterocycles. The maximum atomic E-state index is 10.4. The van der Waals surface area contributed by atoms with Crippen molar-refractivity contribution < 1.29 is 14.6 Å². The molecule has 4 heteroatoms. The van der Waals surface area contributed by atoms with Crippen LogP contribution in [-0.2, 0) is 11.3 Å². The maximum Gasteiger partial charge on any atom is 0.303 e. The molecule has 4 nitrogen and oxygen atoms in total. The lowest BCUT2D eigenvalue weighted by atomic mass is 10.2. The van der Waals surface area contributed by atoms with Gasteiger partial charge in [0.05, 0.1) is 7.11 Å². The second kappa shape index (κ2) is 7.71. The quantitative estimate of drug-likeness (QED) is 0.721. The van der Waals surface area contributed by atoms with E-state index in [9.17, 15) is 4.79 Å². The monoisotopic (exact) mass is 251 g/mol. The first-order valence-corrected chi connectivity index (χ1v) is 6.15. The van der Waals surface area contributed by atoms with Gasteiger partial charge in [-0.05, 0) is 44.1 Å². The molecule has 0 heterocycles. The summed E-state index contributed by atoms with van der Waals surface area (Å²) >= 11 is 0. The molecule has 0 saturated carbocycles. The van der Waals surface area contributed by atoms with E-state index >= 15 is 0 Å². The van der Waals surface area contributed by atoms with Crippen LogP contribution in [0.2, 0.25) is 0 Å². The minimum atomic E-state index is -0.717. The van der Waals surface area contributed by atoms with Crippen LogP contribution >= 0.6 is 0 Å². The summed E-state index contributed by atoms with van der Waals surface area (Å²) in [5, 5.41) is 8.54. The number of hydrogen-bond donors (Lipinski definition) is 1. The van der Waals surface area contributed by atoms with E-state index < -0.39 is 5.97 Å². The first-order chi connectivity index (χ1) is 8.61. The van der Waals surface area contributed by atoms with Crippen molar-refractivity contribution >= 4 is 5.97 Å². The number of carbonyl (C=O) groups is 1. The summed E-state index contributed by atoms with van der Waals surface area (Å²) in [7, 11) is 3.70. The van der Waals surface area contributed by atoms with Crippen LogP contribution in [0.25, 0.3) is 0 Å². The van der Waals surface area contributed by atoms with Gasteiger partial charge in [0, 0.05) is 13.0 Å². The Labute approximate surface area is 108 Å². The van der Waals surface area contributed by atoms with Crippen molar-refractivity contribution in [2.45, 2.75) is 25.8 Å². The summed E-state index contributed by atoms with van der Waals surface area (Å²) in [6, 6.07) is 7.99. The standard InChI is InChI=1S/C14H21NO3/c1-15(9-4-3-8-14(16)17)11-12-6-5-7-13(10-12)18-2/h5-7,10H,3-4,8-9,11H2,1-2H3,(H,16,17). The lowest BCUT2D eigenvalue weighted by molar-refractivity contribution is -0.137. The topological polar surface area (TPSA) is 49.8 Å². The first-order valence-electron chi connectivity index (χ1n) is 6.15. The third-order valence-corrected chi connectivity index (χ3v) is 2.77. The fourth-order valence-electron chi connectivity index (χ4n) is 1.82. The van der Waals surface area contributed by atoms with Crippen molar-refractivity contribution in [3.8, 4) is 5.75 Å². The Morgan fingerprint density at radius 2 is 2.17 bits per heavy atom. The van der Waals surface area contributed by atoms with Crippen LogP contribution < -0.4 is 4.74 Å². The lowest BCUT2D eigenvalue weighted by Crippen LogP contribution is -2.19. The predicted octanol–water partition coefficient (Wildman–Crippen LogP) is 2.38. The van der Waals surface area contributed by atoms with E-state index in [0.29, 0.717) is 0 Å². The molecule has 0 amide bonds. The molecule has 1 N–H and O–H groups in total. The normalized spacial score (nSPS) is 10.6. The number of carboxylic acid groups (broad SMARTS) is 1. The highest BCUT2D eigenvalue weighted by molar-refractivity contribution is 5.66. The van der Waals surface area contributed by atoms with Crippen molar-refractivity contribution in [3.63, 3.8) is 0 Å². The summed E-state index contributed by atoms with van der Waals surface area (Å²) in [6.45, 7) is 1.76. The molecule has 0 spiro atoms. The average Bonchev–Trinajstić information content (AvgIpc) is 2.34. The van der Waals surface area contributed by atoms with Crippen LogP contribution in [0.4, 0.5) is 0 Å². The molecule has 1 aromatic rings. The highest BCUT2D eigenvalue weighted by Gasteiger charge is 2.02. The van der Waals surface area contributed by atoms with Crippen molar-refractivity contribution in [3.05, 3.63) is 29.8 Å².